The molecule has 1 N–H and O–H groups in total. The van der Waals surface area contributed by atoms with Crippen LogP contribution in [0.3, 0.4) is 0 Å². The third-order valence-electron chi connectivity index (χ3n) is 3.79. The first kappa shape index (κ1) is 18.2. The highest BCUT2D eigenvalue weighted by molar-refractivity contribution is 7.16. The van der Waals surface area contributed by atoms with Gasteiger partial charge in [-0.05, 0) is 43.3 Å². The van der Waals surface area contributed by atoms with Gasteiger partial charge < -0.3 is 9.47 Å². The molecule has 3 rings (SSSR count). The van der Waals surface area contributed by atoms with Crippen molar-refractivity contribution in [2.75, 3.05) is 19.5 Å². The summed E-state index contributed by atoms with van der Waals surface area (Å²) in [6, 6.07) is 12.2. The molecule has 0 saturated carbocycles. The van der Waals surface area contributed by atoms with Crippen molar-refractivity contribution in [2.45, 2.75) is 6.92 Å². The van der Waals surface area contributed by atoms with E-state index in [-0.39, 0.29) is 5.91 Å². The fourth-order valence-corrected chi connectivity index (χ4v) is 3.41. The summed E-state index contributed by atoms with van der Waals surface area (Å²) in [5.74, 6) is 1.13. The number of carbonyl (C=O) groups is 1. The predicted octanol–water partition coefficient (Wildman–Crippen LogP) is 5.04. The molecule has 7 heteroatoms. The number of aromatic nitrogens is 1. The van der Waals surface area contributed by atoms with E-state index in [1.807, 2.05) is 19.1 Å². The molecule has 0 saturated heterocycles. The number of benzene rings is 2. The number of nitrogens with one attached hydrogen (secondary N) is 1. The maximum atomic E-state index is 12.4. The van der Waals surface area contributed by atoms with Gasteiger partial charge in [0.25, 0.3) is 5.91 Å². The molecule has 0 aliphatic heterocycles. The average molecular weight is 389 g/mol. The molecule has 0 bridgehead atoms. The molecule has 0 aliphatic carbocycles. The number of halogens is 1. The summed E-state index contributed by atoms with van der Waals surface area (Å²) in [7, 11) is 3.20. The van der Waals surface area contributed by atoms with Crippen LogP contribution in [0.25, 0.3) is 11.3 Å². The van der Waals surface area contributed by atoms with Gasteiger partial charge >= 0.3 is 0 Å². The van der Waals surface area contributed by atoms with Crippen LogP contribution in [0.15, 0.2) is 42.5 Å². The van der Waals surface area contributed by atoms with E-state index >= 15 is 0 Å². The van der Waals surface area contributed by atoms with Gasteiger partial charge in [0.05, 0.1) is 19.9 Å². The Morgan fingerprint density at radius 2 is 1.85 bits per heavy atom. The number of amides is 1. The maximum Gasteiger partial charge on any atom is 0.257 e. The van der Waals surface area contributed by atoms with Gasteiger partial charge in [-0.3, -0.25) is 10.1 Å². The second-order valence-corrected chi connectivity index (χ2v) is 7.09. The Bertz CT molecular complexity index is 938. The van der Waals surface area contributed by atoms with E-state index in [1.54, 1.807) is 44.6 Å². The van der Waals surface area contributed by atoms with Gasteiger partial charge in [0, 0.05) is 27.1 Å². The zero-order valence-corrected chi connectivity index (χ0v) is 16.1. The van der Waals surface area contributed by atoms with Gasteiger partial charge in [0.15, 0.2) is 5.13 Å². The van der Waals surface area contributed by atoms with Crippen molar-refractivity contribution in [3.8, 4) is 22.8 Å². The minimum atomic E-state index is -0.233. The number of hydrogen-bond donors (Lipinski definition) is 1. The summed E-state index contributed by atoms with van der Waals surface area (Å²) in [5, 5.41) is 3.94. The van der Waals surface area contributed by atoms with Gasteiger partial charge in [0.1, 0.15) is 11.5 Å². The molecule has 134 valence electrons. The molecule has 1 heterocycles. The fraction of sp³-hybridized carbons (Fsp3) is 0.158. The lowest BCUT2D eigenvalue weighted by molar-refractivity contribution is 0.102. The third-order valence-corrected chi connectivity index (χ3v) is 4.93. The minimum Gasteiger partial charge on any atom is -0.497 e. The number of rotatable bonds is 5. The number of hydrogen-bond acceptors (Lipinski definition) is 5. The lowest BCUT2D eigenvalue weighted by atomic mass is 10.1. The van der Waals surface area contributed by atoms with Crippen LogP contribution in [-0.4, -0.2) is 25.1 Å². The Morgan fingerprint density at radius 3 is 2.50 bits per heavy atom. The van der Waals surface area contributed by atoms with Gasteiger partial charge in [-0.2, -0.15) is 0 Å². The second-order valence-electron chi connectivity index (χ2n) is 5.45. The van der Waals surface area contributed by atoms with Crippen LogP contribution in [0, 0.1) is 6.92 Å². The van der Waals surface area contributed by atoms with Gasteiger partial charge in [-0.1, -0.05) is 11.6 Å². The van der Waals surface area contributed by atoms with Gasteiger partial charge in [0.2, 0.25) is 0 Å². The number of anilines is 1. The molecule has 2 aromatic carbocycles. The van der Waals surface area contributed by atoms with Crippen LogP contribution in [0.5, 0.6) is 11.5 Å². The van der Waals surface area contributed by atoms with Crippen molar-refractivity contribution >= 4 is 34.0 Å². The number of methoxy groups -OCH3 is 2. The van der Waals surface area contributed by atoms with Crippen molar-refractivity contribution < 1.29 is 14.3 Å². The van der Waals surface area contributed by atoms with Gasteiger partial charge in [-0.15, -0.1) is 11.3 Å². The van der Waals surface area contributed by atoms with Crippen molar-refractivity contribution in [3.05, 3.63) is 57.9 Å². The molecule has 0 radical (unpaired) electrons. The first-order chi connectivity index (χ1) is 12.5. The molecule has 0 fully saturated rings. The lowest BCUT2D eigenvalue weighted by Gasteiger charge is -2.09. The van der Waals surface area contributed by atoms with Crippen molar-refractivity contribution in [2.24, 2.45) is 0 Å². The SMILES string of the molecule is COc1ccc(-c2nc(NC(=O)c3ccc(Cl)cc3)sc2C)c(OC)c1. The van der Waals surface area contributed by atoms with Crippen LogP contribution < -0.4 is 14.8 Å². The van der Waals surface area contributed by atoms with Crippen molar-refractivity contribution in [1.29, 1.82) is 0 Å². The quantitative estimate of drug-likeness (QED) is 0.665. The summed E-state index contributed by atoms with van der Waals surface area (Å²) in [6.45, 7) is 1.95. The summed E-state index contributed by atoms with van der Waals surface area (Å²) < 4.78 is 10.7. The summed E-state index contributed by atoms with van der Waals surface area (Å²) >= 11 is 7.26. The summed E-state index contributed by atoms with van der Waals surface area (Å²) in [6.07, 6.45) is 0. The lowest BCUT2D eigenvalue weighted by Crippen LogP contribution is -2.11. The molecule has 0 spiro atoms. The second kappa shape index (κ2) is 7.76. The highest BCUT2D eigenvalue weighted by atomic mass is 35.5. The predicted molar refractivity (Wildman–Crippen MR) is 105 cm³/mol. The van der Waals surface area contributed by atoms with Gasteiger partial charge in [-0.25, -0.2) is 4.98 Å². The zero-order chi connectivity index (χ0) is 18.7. The molecular weight excluding hydrogens is 372 g/mol. The van der Waals surface area contributed by atoms with E-state index in [2.05, 4.69) is 10.3 Å². The Labute approximate surface area is 160 Å². The van der Waals surface area contributed by atoms with E-state index in [4.69, 9.17) is 21.1 Å². The molecule has 0 atom stereocenters. The molecule has 0 aliphatic rings. The zero-order valence-electron chi connectivity index (χ0n) is 14.5. The minimum absolute atomic E-state index is 0.233. The Hall–Kier alpha value is -2.57. The number of aryl methyl sites for hydroxylation is 1. The molecule has 3 aromatic rings. The number of carbonyl (C=O) groups excluding carboxylic acids is 1. The normalized spacial score (nSPS) is 10.5. The smallest absolute Gasteiger partial charge is 0.257 e. The largest absolute Gasteiger partial charge is 0.497 e. The monoisotopic (exact) mass is 388 g/mol. The number of ether oxygens (including phenoxy) is 2. The number of nitrogens with zero attached hydrogens (tertiary/aromatic N) is 1. The van der Waals surface area contributed by atoms with E-state index in [1.165, 1.54) is 11.3 Å². The molecule has 1 aromatic heterocycles. The molecule has 5 nitrogen and oxygen atoms in total. The highest BCUT2D eigenvalue weighted by Gasteiger charge is 2.16. The summed E-state index contributed by atoms with van der Waals surface area (Å²) in [5.41, 5.74) is 2.13. The molecule has 0 unspecified atom stereocenters. The van der Waals surface area contributed by atoms with Crippen LogP contribution in [0.4, 0.5) is 5.13 Å². The fourth-order valence-electron chi connectivity index (χ4n) is 2.46. The first-order valence-electron chi connectivity index (χ1n) is 7.78. The van der Waals surface area contributed by atoms with E-state index in [0.717, 1.165) is 16.1 Å². The number of thiazole rings is 1. The standard InChI is InChI=1S/C19H17ClN2O3S/c1-11-17(15-9-8-14(24-2)10-16(15)25-3)21-19(26-11)22-18(23)12-4-6-13(20)7-5-12/h4-10H,1-3H3,(H,21,22,23). The van der Waals surface area contributed by atoms with E-state index < -0.39 is 0 Å². The Kier molecular flexibility index (Phi) is 5.44. The van der Waals surface area contributed by atoms with Crippen molar-refractivity contribution in [3.63, 3.8) is 0 Å². The van der Waals surface area contributed by atoms with Crippen molar-refractivity contribution in [1.82, 2.24) is 4.98 Å². The topological polar surface area (TPSA) is 60.5 Å². The maximum absolute atomic E-state index is 12.4. The Morgan fingerprint density at radius 1 is 1.12 bits per heavy atom. The first-order valence-corrected chi connectivity index (χ1v) is 8.98. The molecular formula is C19H17ClN2O3S. The van der Waals surface area contributed by atoms with Crippen LogP contribution in [0.1, 0.15) is 15.2 Å². The average Bonchev–Trinajstić information content (AvgIpc) is 3.01. The van der Waals surface area contributed by atoms with Crippen LogP contribution in [0.2, 0.25) is 5.02 Å². The van der Waals surface area contributed by atoms with E-state index in [0.29, 0.717) is 27.2 Å². The highest BCUT2D eigenvalue weighted by Crippen LogP contribution is 2.37. The Balaban J connectivity index is 1.88. The molecule has 26 heavy (non-hydrogen) atoms. The van der Waals surface area contributed by atoms with E-state index in [9.17, 15) is 4.79 Å². The molecule has 1 amide bonds. The summed E-state index contributed by atoms with van der Waals surface area (Å²) in [4.78, 5) is 17.9. The van der Waals surface area contributed by atoms with Crippen LogP contribution in [-0.2, 0) is 0 Å². The third kappa shape index (κ3) is 3.81. The van der Waals surface area contributed by atoms with Crippen LogP contribution >= 0.6 is 22.9 Å².